The molecule has 0 unspecified atom stereocenters. The average Bonchev–Trinajstić information content (AvgIpc) is 2.73. The largest absolute Gasteiger partial charge is 0.487 e. The summed E-state index contributed by atoms with van der Waals surface area (Å²) in [4.78, 5) is 35.2. The fourth-order valence-electron chi connectivity index (χ4n) is 2.77. The Balaban J connectivity index is 1.81. The third kappa shape index (κ3) is 6.17. The highest BCUT2D eigenvalue weighted by molar-refractivity contribution is 6.06. The highest BCUT2D eigenvalue weighted by Gasteiger charge is 2.16. The number of anilines is 1. The van der Waals surface area contributed by atoms with Gasteiger partial charge in [0, 0.05) is 11.3 Å². The maximum absolute atomic E-state index is 12.7. The smallest absolute Gasteiger partial charge is 0.335 e. The molecule has 0 fully saturated rings. The molecule has 164 valence electrons. The molecular weight excluding hydrogens is 410 g/mol. The molecule has 0 saturated heterocycles. The zero-order chi connectivity index (χ0) is 22.2. The molecule has 1 aliphatic rings. The van der Waals surface area contributed by atoms with Gasteiger partial charge in [-0.15, -0.1) is 0 Å². The number of benzene rings is 2. The maximum atomic E-state index is 12.7. The van der Waals surface area contributed by atoms with Crippen LogP contribution in [-0.4, -0.2) is 67.7 Å². The quantitative estimate of drug-likeness (QED) is 0.664. The summed E-state index contributed by atoms with van der Waals surface area (Å²) >= 11 is 0. The van der Waals surface area contributed by atoms with Gasteiger partial charge in [-0.3, -0.25) is 4.79 Å². The Hall–Kier alpha value is -3.63. The summed E-state index contributed by atoms with van der Waals surface area (Å²) < 4.78 is 22.1. The zero-order valence-electron chi connectivity index (χ0n) is 16.5. The molecule has 0 aliphatic carbocycles. The monoisotopic (exact) mass is 431 g/mol. The molecule has 0 atom stereocenters. The van der Waals surface area contributed by atoms with E-state index < -0.39 is 17.8 Å². The number of carbonyl (C=O) groups is 3. The van der Waals surface area contributed by atoms with E-state index in [-0.39, 0.29) is 29.0 Å². The molecule has 10 nitrogen and oxygen atoms in total. The summed E-state index contributed by atoms with van der Waals surface area (Å²) in [6, 6.07) is 7.94. The van der Waals surface area contributed by atoms with Crippen molar-refractivity contribution in [1.29, 1.82) is 0 Å². The number of aromatic carboxylic acids is 2. The van der Waals surface area contributed by atoms with Crippen molar-refractivity contribution in [2.24, 2.45) is 0 Å². The van der Waals surface area contributed by atoms with Crippen LogP contribution in [-0.2, 0) is 9.47 Å². The first-order valence-corrected chi connectivity index (χ1v) is 9.42. The SMILES string of the molecule is O=C(O)c1cc(NC(=O)c2ccc3c(c2)OCCOCCOCCO3)cc(C(=O)O)c1. The Kier molecular flexibility index (Phi) is 7.41. The molecule has 0 radical (unpaired) electrons. The van der Waals surface area contributed by atoms with Crippen LogP contribution >= 0.6 is 0 Å². The Bertz CT molecular complexity index is 941. The molecule has 0 bridgehead atoms. The van der Waals surface area contributed by atoms with Gasteiger partial charge in [-0.25, -0.2) is 9.59 Å². The number of nitrogens with one attached hydrogen (secondary N) is 1. The van der Waals surface area contributed by atoms with Crippen LogP contribution in [0, 0.1) is 0 Å². The zero-order valence-corrected chi connectivity index (χ0v) is 16.5. The normalized spacial score (nSPS) is 14.6. The van der Waals surface area contributed by atoms with E-state index in [0.717, 1.165) is 6.07 Å². The molecular formula is C21H21NO9. The molecule has 3 rings (SSSR count). The minimum Gasteiger partial charge on any atom is -0.487 e. The second-order valence-electron chi connectivity index (χ2n) is 6.45. The van der Waals surface area contributed by atoms with E-state index >= 15 is 0 Å². The Morgan fingerprint density at radius 3 is 1.81 bits per heavy atom. The summed E-state index contributed by atoms with van der Waals surface area (Å²) in [6.45, 7) is 2.14. The first kappa shape index (κ1) is 22.1. The molecule has 0 aromatic heterocycles. The average molecular weight is 431 g/mol. The third-order valence-corrected chi connectivity index (χ3v) is 4.23. The Labute approximate surface area is 177 Å². The van der Waals surface area contributed by atoms with Gasteiger partial charge in [0.25, 0.3) is 5.91 Å². The van der Waals surface area contributed by atoms with E-state index in [9.17, 15) is 24.6 Å². The number of ether oxygens (including phenoxy) is 4. The summed E-state index contributed by atoms with van der Waals surface area (Å²) in [5, 5.41) is 20.9. The molecule has 3 N–H and O–H groups in total. The van der Waals surface area contributed by atoms with Gasteiger partial charge in [0.15, 0.2) is 11.5 Å². The number of fused-ring (bicyclic) bond motifs is 1. The third-order valence-electron chi connectivity index (χ3n) is 4.23. The molecule has 1 amide bonds. The molecule has 0 saturated carbocycles. The van der Waals surface area contributed by atoms with Gasteiger partial charge >= 0.3 is 11.9 Å². The minimum atomic E-state index is -1.31. The number of carbonyl (C=O) groups excluding carboxylic acids is 1. The predicted molar refractivity (Wildman–Crippen MR) is 107 cm³/mol. The van der Waals surface area contributed by atoms with E-state index in [1.807, 2.05) is 0 Å². The lowest BCUT2D eigenvalue weighted by atomic mass is 10.1. The molecule has 10 heteroatoms. The van der Waals surface area contributed by atoms with Crippen LogP contribution in [0.25, 0.3) is 0 Å². The Morgan fingerprint density at radius 2 is 1.23 bits per heavy atom. The fourth-order valence-corrected chi connectivity index (χ4v) is 2.77. The second kappa shape index (κ2) is 10.4. The molecule has 0 spiro atoms. The summed E-state index contributed by atoms with van der Waals surface area (Å²) in [5.41, 5.74) is -0.264. The van der Waals surface area contributed by atoms with Crippen molar-refractivity contribution in [3.63, 3.8) is 0 Å². The highest BCUT2D eigenvalue weighted by Crippen LogP contribution is 2.29. The standard InChI is InChI=1S/C21H21NO9/c23-19(22-16-10-14(20(24)25)9-15(11-16)21(26)27)13-1-2-17-18(12-13)31-8-6-29-4-3-28-5-7-30-17/h1-2,9-12H,3-8H2,(H,22,23)(H,24,25)(H,26,27). The molecule has 2 aromatic rings. The van der Waals surface area contributed by atoms with Crippen LogP contribution in [0.1, 0.15) is 31.1 Å². The molecule has 1 aliphatic heterocycles. The van der Waals surface area contributed by atoms with E-state index in [1.54, 1.807) is 6.07 Å². The first-order chi connectivity index (χ1) is 14.9. The topological polar surface area (TPSA) is 141 Å². The highest BCUT2D eigenvalue weighted by atomic mass is 16.6. The molecule has 2 aromatic carbocycles. The number of hydrogen-bond donors (Lipinski definition) is 3. The lowest BCUT2D eigenvalue weighted by Gasteiger charge is -2.16. The molecule has 1 heterocycles. The summed E-state index contributed by atoms with van der Waals surface area (Å²) in [5.74, 6) is -2.43. The number of carboxylic acids is 2. The molecule has 31 heavy (non-hydrogen) atoms. The van der Waals surface area contributed by atoms with Crippen molar-refractivity contribution >= 4 is 23.5 Å². The number of rotatable bonds is 4. The van der Waals surface area contributed by atoms with E-state index in [1.165, 1.54) is 24.3 Å². The van der Waals surface area contributed by atoms with Crippen LogP contribution in [0.5, 0.6) is 11.5 Å². The maximum Gasteiger partial charge on any atom is 0.335 e. The predicted octanol–water partition coefficient (Wildman–Crippen LogP) is 2.14. The number of hydrogen-bond acceptors (Lipinski definition) is 7. The Morgan fingerprint density at radius 1 is 0.677 bits per heavy atom. The lowest BCUT2D eigenvalue weighted by Crippen LogP contribution is -2.17. The van der Waals surface area contributed by atoms with Crippen LogP contribution in [0.3, 0.4) is 0 Å². The van der Waals surface area contributed by atoms with Crippen LogP contribution in [0.4, 0.5) is 5.69 Å². The fraction of sp³-hybridized carbons (Fsp3) is 0.286. The van der Waals surface area contributed by atoms with Crippen molar-refractivity contribution in [3.05, 3.63) is 53.1 Å². The van der Waals surface area contributed by atoms with Crippen LogP contribution in [0.15, 0.2) is 36.4 Å². The first-order valence-electron chi connectivity index (χ1n) is 9.42. The van der Waals surface area contributed by atoms with E-state index in [2.05, 4.69) is 5.32 Å². The van der Waals surface area contributed by atoms with Crippen molar-refractivity contribution in [1.82, 2.24) is 0 Å². The van der Waals surface area contributed by atoms with Gasteiger partial charge in [0.05, 0.1) is 37.6 Å². The number of carboxylic acid groups (broad SMARTS) is 2. The van der Waals surface area contributed by atoms with Gasteiger partial charge in [-0.05, 0) is 36.4 Å². The number of amides is 1. The van der Waals surface area contributed by atoms with Gasteiger partial charge in [-0.2, -0.15) is 0 Å². The van der Waals surface area contributed by atoms with Crippen molar-refractivity contribution in [2.75, 3.05) is 45.0 Å². The van der Waals surface area contributed by atoms with Crippen LogP contribution < -0.4 is 14.8 Å². The van der Waals surface area contributed by atoms with Gasteiger partial charge in [0.1, 0.15) is 13.2 Å². The van der Waals surface area contributed by atoms with E-state index in [4.69, 9.17) is 18.9 Å². The van der Waals surface area contributed by atoms with Crippen molar-refractivity contribution in [3.8, 4) is 11.5 Å². The summed E-state index contributed by atoms with van der Waals surface area (Å²) in [7, 11) is 0. The van der Waals surface area contributed by atoms with Gasteiger partial charge < -0.3 is 34.5 Å². The van der Waals surface area contributed by atoms with Gasteiger partial charge in [0.2, 0.25) is 0 Å². The van der Waals surface area contributed by atoms with Crippen LogP contribution in [0.2, 0.25) is 0 Å². The van der Waals surface area contributed by atoms with E-state index in [0.29, 0.717) is 44.5 Å². The second-order valence-corrected chi connectivity index (χ2v) is 6.45. The van der Waals surface area contributed by atoms with Gasteiger partial charge in [-0.1, -0.05) is 0 Å². The lowest BCUT2D eigenvalue weighted by molar-refractivity contribution is 0.0223. The summed E-state index contributed by atoms with van der Waals surface area (Å²) in [6.07, 6.45) is 0. The van der Waals surface area contributed by atoms with Crippen molar-refractivity contribution < 1.29 is 43.5 Å². The van der Waals surface area contributed by atoms with Crippen molar-refractivity contribution in [2.45, 2.75) is 0 Å². The minimum absolute atomic E-state index is 0.0396.